The molecule has 0 saturated carbocycles. The first-order valence-corrected chi connectivity index (χ1v) is 7.47. The summed E-state index contributed by atoms with van der Waals surface area (Å²) in [5.74, 6) is -0.0407. The van der Waals surface area contributed by atoms with Crippen molar-refractivity contribution >= 4 is 12.0 Å². The molecule has 2 aliphatic rings. The van der Waals surface area contributed by atoms with E-state index < -0.39 is 12.1 Å². The van der Waals surface area contributed by atoms with E-state index in [1.54, 1.807) is 0 Å². The number of rotatable bonds is 4. The molecular weight excluding hydrogens is 284 g/mol. The van der Waals surface area contributed by atoms with Gasteiger partial charge in [-0.25, -0.2) is 4.79 Å². The van der Waals surface area contributed by atoms with Gasteiger partial charge in [0, 0.05) is 20.2 Å². The van der Waals surface area contributed by atoms with E-state index in [2.05, 4.69) is 0 Å². The molecule has 6 heteroatoms. The SMILES string of the molecule is COCC1C(=O)N2CCC2CN1C(=O)OCc1ccccc1. The number of hydrogen-bond donors (Lipinski definition) is 0. The third kappa shape index (κ3) is 2.78. The fourth-order valence-electron chi connectivity index (χ4n) is 2.92. The number of nitrogens with zero attached hydrogens (tertiary/aromatic N) is 2. The second-order valence-electron chi connectivity index (χ2n) is 5.64. The highest BCUT2D eigenvalue weighted by molar-refractivity contribution is 5.88. The lowest BCUT2D eigenvalue weighted by atomic mass is 9.96. The van der Waals surface area contributed by atoms with Crippen LogP contribution in [-0.2, 0) is 20.9 Å². The number of carbonyl (C=O) groups excluding carboxylic acids is 2. The third-order valence-corrected chi connectivity index (χ3v) is 4.26. The van der Waals surface area contributed by atoms with Crippen LogP contribution in [0.15, 0.2) is 30.3 Å². The number of amides is 2. The topological polar surface area (TPSA) is 59.1 Å². The second kappa shape index (κ2) is 6.36. The number of hydrogen-bond acceptors (Lipinski definition) is 4. The summed E-state index contributed by atoms with van der Waals surface area (Å²) in [7, 11) is 1.53. The molecule has 0 N–H and O–H groups in total. The summed E-state index contributed by atoms with van der Waals surface area (Å²) in [6.45, 7) is 1.70. The lowest BCUT2D eigenvalue weighted by molar-refractivity contribution is -0.155. The maximum atomic E-state index is 12.4. The Bertz CT molecular complexity index is 548. The normalized spacial score (nSPS) is 23.8. The van der Waals surface area contributed by atoms with Crippen LogP contribution in [0.4, 0.5) is 4.79 Å². The monoisotopic (exact) mass is 304 g/mol. The van der Waals surface area contributed by atoms with Gasteiger partial charge in [-0.2, -0.15) is 0 Å². The average Bonchev–Trinajstić information content (AvgIpc) is 2.50. The number of carbonyl (C=O) groups is 2. The Hall–Kier alpha value is -2.08. The van der Waals surface area contributed by atoms with E-state index >= 15 is 0 Å². The van der Waals surface area contributed by atoms with Crippen molar-refractivity contribution in [3.63, 3.8) is 0 Å². The molecule has 0 spiro atoms. The quantitative estimate of drug-likeness (QED) is 0.840. The van der Waals surface area contributed by atoms with Gasteiger partial charge in [0.2, 0.25) is 5.91 Å². The molecule has 2 aliphatic heterocycles. The molecule has 6 nitrogen and oxygen atoms in total. The average molecular weight is 304 g/mol. The summed E-state index contributed by atoms with van der Waals surface area (Å²) in [5.41, 5.74) is 0.924. The van der Waals surface area contributed by atoms with Gasteiger partial charge < -0.3 is 14.4 Å². The summed E-state index contributed by atoms with van der Waals surface area (Å²) in [4.78, 5) is 28.1. The zero-order valence-corrected chi connectivity index (χ0v) is 12.6. The van der Waals surface area contributed by atoms with Crippen molar-refractivity contribution < 1.29 is 19.1 Å². The van der Waals surface area contributed by atoms with Gasteiger partial charge in [0.25, 0.3) is 0 Å². The van der Waals surface area contributed by atoms with Crippen LogP contribution >= 0.6 is 0 Å². The van der Waals surface area contributed by atoms with Gasteiger partial charge in [-0.15, -0.1) is 0 Å². The van der Waals surface area contributed by atoms with Crippen LogP contribution in [0.5, 0.6) is 0 Å². The van der Waals surface area contributed by atoms with E-state index in [0.29, 0.717) is 6.54 Å². The Morgan fingerprint density at radius 1 is 1.32 bits per heavy atom. The van der Waals surface area contributed by atoms with Crippen molar-refractivity contribution in [1.29, 1.82) is 0 Å². The highest BCUT2D eigenvalue weighted by Gasteiger charge is 2.46. The van der Waals surface area contributed by atoms with Crippen molar-refractivity contribution in [2.24, 2.45) is 0 Å². The summed E-state index contributed by atoms with van der Waals surface area (Å²) in [5, 5.41) is 0. The first-order valence-electron chi connectivity index (χ1n) is 7.47. The lowest BCUT2D eigenvalue weighted by Crippen LogP contribution is -2.69. The molecule has 2 amide bonds. The molecule has 22 heavy (non-hydrogen) atoms. The third-order valence-electron chi connectivity index (χ3n) is 4.26. The van der Waals surface area contributed by atoms with Gasteiger partial charge in [0.05, 0.1) is 12.6 Å². The summed E-state index contributed by atoms with van der Waals surface area (Å²) >= 11 is 0. The molecule has 2 heterocycles. The minimum atomic E-state index is -0.579. The van der Waals surface area contributed by atoms with Crippen LogP contribution in [0.3, 0.4) is 0 Å². The molecule has 0 aliphatic carbocycles. The molecule has 3 rings (SSSR count). The first-order chi connectivity index (χ1) is 10.7. The van der Waals surface area contributed by atoms with Gasteiger partial charge in [-0.1, -0.05) is 30.3 Å². The maximum absolute atomic E-state index is 12.4. The molecule has 2 fully saturated rings. The van der Waals surface area contributed by atoms with Gasteiger partial charge in [-0.3, -0.25) is 9.69 Å². The van der Waals surface area contributed by atoms with E-state index in [0.717, 1.165) is 18.5 Å². The van der Waals surface area contributed by atoms with Crippen molar-refractivity contribution in [2.45, 2.75) is 25.1 Å². The van der Waals surface area contributed by atoms with Crippen LogP contribution in [0.1, 0.15) is 12.0 Å². The largest absolute Gasteiger partial charge is 0.445 e. The second-order valence-corrected chi connectivity index (χ2v) is 5.64. The number of fused-ring (bicyclic) bond motifs is 1. The van der Waals surface area contributed by atoms with Crippen molar-refractivity contribution in [1.82, 2.24) is 9.80 Å². The Labute approximate surface area is 129 Å². The maximum Gasteiger partial charge on any atom is 0.410 e. The van der Waals surface area contributed by atoms with E-state index in [9.17, 15) is 9.59 Å². The van der Waals surface area contributed by atoms with E-state index in [1.807, 2.05) is 35.2 Å². The summed E-state index contributed by atoms with van der Waals surface area (Å²) in [6.07, 6.45) is 0.485. The number of benzene rings is 1. The summed E-state index contributed by atoms with van der Waals surface area (Å²) < 4.78 is 10.5. The van der Waals surface area contributed by atoms with Crippen LogP contribution < -0.4 is 0 Å². The van der Waals surface area contributed by atoms with Crippen LogP contribution in [-0.4, -0.2) is 60.7 Å². The van der Waals surface area contributed by atoms with E-state index in [4.69, 9.17) is 9.47 Å². The predicted molar refractivity (Wildman–Crippen MR) is 79.1 cm³/mol. The Kier molecular flexibility index (Phi) is 4.29. The molecule has 118 valence electrons. The van der Waals surface area contributed by atoms with Crippen LogP contribution in [0.25, 0.3) is 0 Å². The molecule has 0 bridgehead atoms. The van der Waals surface area contributed by atoms with E-state index in [1.165, 1.54) is 12.0 Å². The highest BCUT2D eigenvalue weighted by Crippen LogP contribution is 2.27. The summed E-state index contributed by atoms with van der Waals surface area (Å²) in [6, 6.07) is 9.05. The van der Waals surface area contributed by atoms with Gasteiger partial charge >= 0.3 is 6.09 Å². The predicted octanol–water partition coefficient (Wildman–Crippen LogP) is 1.25. The van der Waals surface area contributed by atoms with Gasteiger partial charge in [0.1, 0.15) is 12.6 Å². The van der Waals surface area contributed by atoms with Gasteiger partial charge in [0.15, 0.2) is 0 Å². The Balaban J connectivity index is 1.65. The number of ether oxygens (including phenoxy) is 2. The van der Waals surface area contributed by atoms with Crippen LogP contribution in [0, 0.1) is 0 Å². The molecule has 1 aromatic carbocycles. The van der Waals surface area contributed by atoms with Crippen molar-refractivity contribution in [3.8, 4) is 0 Å². The number of piperazine rings is 1. The molecular formula is C16H20N2O4. The standard InChI is InChI=1S/C16H20N2O4/c1-21-11-14-15(19)17-8-7-13(17)9-18(14)16(20)22-10-12-5-3-2-4-6-12/h2-6,13-14H,7-11H2,1H3. The minimum absolute atomic E-state index is 0.0407. The highest BCUT2D eigenvalue weighted by atomic mass is 16.6. The van der Waals surface area contributed by atoms with Crippen molar-refractivity contribution in [2.75, 3.05) is 26.8 Å². The van der Waals surface area contributed by atoms with Gasteiger partial charge in [-0.05, 0) is 12.0 Å². The van der Waals surface area contributed by atoms with E-state index in [-0.39, 0.29) is 25.2 Å². The Morgan fingerprint density at radius 3 is 2.73 bits per heavy atom. The fraction of sp³-hybridized carbons (Fsp3) is 0.500. The number of methoxy groups -OCH3 is 1. The molecule has 1 aromatic rings. The molecule has 2 unspecified atom stereocenters. The Morgan fingerprint density at radius 2 is 2.09 bits per heavy atom. The lowest BCUT2D eigenvalue weighted by Gasteiger charge is -2.50. The zero-order valence-electron chi connectivity index (χ0n) is 12.6. The smallest absolute Gasteiger partial charge is 0.410 e. The minimum Gasteiger partial charge on any atom is -0.445 e. The molecule has 0 aromatic heterocycles. The fourth-order valence-corrected chi connectivity index (χ4v) is 2.92. The first kappa shape index (κ1) is 14.8. The van der Waals surface area contributed by atoms with Crippen molar-refractivity contribution in [3.05, 3.63) is 35.9 Å². The molecule has 2 saturated heterocycles. The van der Waals surface area contributed by atoms with Crippen LogP contribution in [0.2, 0.25) is 0 Å². The zero-order chi connectivity index (χ0) is 15.5. The molecule has 2 atom stereocenters. The molecule has 0 radical (unpaired) electrons.